The smallest absolute Gasteiger partial charge is 0.126 e. The highest BCUT2D eigenvalue weighted by Crippen LogP contribution is 2.25. The fourth-order valence-corrected chi connectivity index (χ4v) is 2.92. The van der Waals surface area contributed by atoms with Crippen LogP contribution in [0.25, 0.3) is 22.0 Å². The highest BCUT2D eigenvalue weighted by Gasteiger charge is 2.05. The van der Waals surface area contributed by atoms with Gasteiger partial charge in [-0.2, -0.15) is 5.10 Å². The Balaban J connectivity index is 1.54. The Hall–Kier alpha value is -3.34. The number of rotatable bonds is 4. The van der Waals surface area contributed by atoms with Crippen LogP contribution < -0.4 is 11.1 Å². The number of aryl methyl sites for hydroxylation is 1. The van der Waals surface area contributed by atoms with Crippen molar-refractivity contribution in [3.8, 4) is 11.1 Å². The fraction of sp³-hybridized carbons (Fsp3) is 0.100. The highest BCUT2D eigenvalue weighted by atomic mass is 15.2. The number of hydrogen-bond acceptors (Lipinski definition) is 4. The van der Waals surface area contributed by atoms with Gasteiger partial charge in [0.1, 0.15) is 5.82 Å². The molecule has 0 spiro atoms. The summed E-state index contributed by atoms with van der Waals surface area (Å²) in [5.41, 5.74) is 11.3. The number of nitrogens with zero attached hydrogens (tertiary/aromatic N) is 3. The number of para-hydroxylation sites is 1. The molecule has 2 heterocycles. The first kappa shape index (κ1) is 15.2. The number of hydrogen-bond donors (Lipinski definition) is 2. The number of nitrogens with one attached hydrogen (secondary N) is 1. The average molecular weight is 329 g/mol. The molecule has 0 saturated heterocycles. The molecule has 0 aliphatic carbocycles. The molecule has 4 aromatic rings. The zero-order valence-electron chi connectivity index (χ0n) is 14.0. The molecule has 0 aliphatic heterocycles. The van der Waals surface area contributed by atoms with E-state index < -0.39 is 0 Å². The Bertz CT molecular complexity index is 1020. The maximum atomic E-state index is 5.92. The molecule has 0 unspecified atom stereocenters. The summed E-state index contributed by atoms with van der Waals surface area (Å²) in [5, 5.41) is 8.76. The highest BCUT2D eigenvalue weighted by molar-refractivity contribution is 5.92. The summed E-state index contributed by atoms with van der Waals surface area (Å²) in [6, 6.07) is 18.4. The lowest BCUT2D eigenvalue weighted by Crippen LogP contribution is -2.02. The molecular weight excluding hydrogens is 310 g/mol. The van der Waals surface area contributed by atoms with E-state index in [9.17, 15) is 0 Å². The first-order valence-corrected chi connectivity index (χ1v) is 8.16. The molecule has 2 aromatic heterocycles. The summed E-state index contributed by atoms with van der Waals surface area (Å²) < 4.78 is 1.81. The lowest BCUT2D eigenvalue weighted by Gasteiger charge is -2.11. The summed E-state index contributed by atoms with van der Waals surface area (Å²) in [4.78, 5) is 4.37. The second-order valence-electron chi connectivity index (χ2n) is 6.06. The Morgan fingerprint density at radius 3 is 2.60 bits per heavy atom. The van der Waals surface area contributed by atoms with Gasteiger partial charge in [-0.25, -0.2) is 4.98 Å². The van der Waals surface area contributed by atoms with Crippen LogP contribution in [0.2, 0.25) is 0 Å². The minimum absolute atomic E-state index is 0.521. The van der Waals surface area contributed by atoms with Gasteiger partial charge >= 0.3 is 0 Å². The quantitative estimate of drug-likeness (QED) is 0.597. The van der Waals surface area contributed by atoms with Gasteiger partial charge < -0.3 is 11.1 Å². The predicted molar refractivity (Wildman–Crippen MR) is 102 cm³/mol. The van der Waals surface area contributed by atoms with Crippen molar-refractivity contribution in [3.05, 3.63) is 72.6 Å². The molecule has 0 aliphatic rings. The SMILES string of the molecule is Cn1cc(-c2ccc(CNc3cc(N)nc4ccccc34)cc2)cn1. The number of benzene rings is 2. The van der Waals surface area contributed by atoms with Crippen molar-refractivity contribution in [2.24, 2.45) is 7.05 Å². The minimum atomic E-state index is 0.521. The number of anilines is 2. The van der Waals surface area contributed by atoms with E-state index in [4.69, 9.17) is 5.73 Å². The van der Waals surface area contributed by atoms with Crippen molar-refractivity contribution in [3.63, 3.8) is 0 Å². The van der Waals surface area contributed by atoms with Gasteiger partial charge in [-0.1, -0.05) is 42.5 Å². The fourth-order valence-electron chi connectivity index (χ4n) is 2.92. The van der Waals surface area contributed by atoms with Crippen LogP contribution in [0.3, 0.4) is 0 Å². The Kier molecular flexibility index (Phi) is 3.82. The molecule has 0 radical (unpaired) electrons. The average Bonchev–Trinajstić information content (AvgIpc) is 3.06. The van der Waals surface area contributed by atoms with Crippen LogP contribution in [0.15, 0.2) is 67.0 Å². The zero-order chi connectivity index (χ0) is 17.2. The van der Waals surface area contributed by atoms with Crippen LogP contribution in [-0.4, -0.2) is 14.8 Å². The maximum Gasteiger partial charge on any atom is 0.126 e. The molecule has 5 nitrogen and oxygen atoms in total. The third-order valence-electron chi connectivity index (χ3n) is 4.21. The van der Waals surface area contributed by atoms with Gasteiger partial charge in [0.15, 0.2) is 0 Å². The van der Waals surface area contributed by atoms with Gasteiger partial charge in [0, 0.05) is 42.5 Å². The number of aromatic nitrogens is 3. The summed E-state index contributed by atoms with van der Waals surface area (Å²) in [5.74, 6) is 0.521. The van der Waals surface area contributed by atoms with Crippen LogP contribution in [0, 0.1) is 0 Å². The molecule has 25 heavy (non-hydrogen) atoms. The molecule has 5 heteroatoms. The zero-order valence-corrected chi connectivity index (χ0v) is 14.0. The molecule has 4 rings (SSSR count). The number of fused-ring (bicyclic) bond motifs is 1. The van der Waals surface area contributed by atoms with Crippen molar-refractivity contribution in [2.45, 2.75) is 6.54 Å². The van der Waals surface area contributed by atoms with Crippen molar-refractivity contribution >= 4 is 22.4 Å². The summed E-state index contributed by atoms with van der Waals surface area (Å²) in [6.45, 7) is 0.723. The molecule has 124 valence electrons. The summed E-state index contributed by atoms with van der Waals surface area (Å²) in [6.07, 6.45) is 3.89. The molecule has 3 N–H and O–H groups in total. The van der Waals surface area contributed by atoms with Gasteiger partial charge in [0.25, 0.3) is 0 Å². The van der Waals surface area contributed by atoms with E-state index in [1.165, 1.54) is 5.56 Å². The second kappa shape index (κ2) is 6.28. The Labute approximate surface area is 146 Å². The van der Waals surface area contributed by atoms with Crippen molar-refractivity contribution in [2.75, 3.05) is 11.1 Å². The molecule has 0 atom stereocenters. The maximum absolute atomic E-state index is 5.92. The van der Waals surface area contributed by atoms with E-state index in [-0.39, 0.29) is 0 Å². The normalized spacial score (nSPS) is 10.9. The standard InChI is InChI=1S/C20H19N5/c1-25-13-16(12-23-25)15-8-6-14(7-9-15)11-22-19-10-20(21)24-18-5-3-2-4-17(18)19/h2-10,12-13H,11H2,1H3,(H3,21,22,24). The lowest BCUT2D eigenvalue weighted by atomic mass is 10.1. The van der Waals surface area contributed by atoms with Crippen LogP contribution >= 0.6 is 0 Å². The van der Waals surface area contributed by atoms with Gasteiger partial charge in [0.2, 0.25) is 0 Å². The minimum Gasteiger partial charge on any atom is -0.384 e. The molecule has 0 amide bonds. The molecule has 0 saturated carbocycles. The summed E-state index contributed by atoms with van der Waals surface area (Å²) in [7, 11) is 1.92. The molecule has 2 aromatic carbocycles. The first-order valence-electron chi connectivity index (χ1n) is 8.16. The van der Waals surface area contributed by atoms with E-state index in [0.717, 1.165) is 34.3 Å². The van der Waals surface area contributed by atoms with Crippen LogP contribution in [0.4, 0.5) is 11.5 Å². The Morgan fingerprint density at radius 1 is 1.04 bits per heavy atom. The van der Waals surface area contributed by atoms with E-state index in [2.05, 4.69) is 45.7 Å². The van der Waals surface area contributed by atoms with E-state index in [1.54, 1.807) is 0 Å². The number of pyridine rings is 1. The van der Waals surface area contributed by atoms with E-state index in [1.807, 2.05) is 48.4 Å². The molecule has 0 bridgehead atoms. The van der Waals surface area contributed by atoms with Gasteiger partial charge in [-0.15, -0.1) is 0 Å². The van der Waals surface area contributed by atoms with E-state index >= 15 is 0 Å². The third-order valence-corrected chi connectivity index (χ3v) is 4.21. The van der Waals surface area contributed by atoms with Gasteiger partial charge in [-0.3, -0.25) is 4.68 Å². The monoisotopic (exact) mass is 329 g/mol. The van der Waals surface area contributed by atoms with Crippen LogP contribution in [-0.2, 0) is 13.6 Å². The molecular formula is C20H19N5. The summed E-state index contributed by atoms with van der Waals surface area (Å²) >= 11 is 0. The van der Waals surface area contributed by atoms with Gasteiger partial charge in [-0.05, 0) is 17.2 Å². The van der Waals surface area contributed by atoms with Crippen molar-refractivity contribution in [1.82, 2.24) is 14.8 Å². The number of nitrogen functional groups attached to an aromatic ring is 1. The van der Waals surface area contributed by atoms with E-state index in [0.29, 0.717) is 5.82 Å². The second-order valence-corrected chi connectivity index (χ2v) is 6.06. The third kappa shape index (κ3) is 3.17. The topological polar surface area (TPSA) is 68.8 Å². The molecule has 0 fully saturated rings. The van der Waals surface area contributed by atoms with Crippen LogP contribution in [0.1, 0.15) is 5.56 Å². The number of nitrogens with two attached hydrogens (primary N) is 1. The first-order chi connectivity index (χ1) is 12.2. The lowest BCUT2D eigenvalue weighted by molar-refractivity contribution is 0.768. The van der Waals surface area contributed by atoms with Gasteiger partial charge in [0.05, 0.1) is 11.7 Å². The predicted octanol–water partition coefficient (Wildman–Crippen LogP) is 3.83. The largest absolute Gasteiger partial charge is 0.384 e. The van der Waals surface area contributed by atoms with Crippen molar-refractivity contribution < 1.29 is 0 Å². The Morgan fingerprint density at radius 2 is 1.84 bits per heavy atom. The van der Waals surface area contributed by atoms with Crippen LogP contribution in [0.5, 0.6) is 0 Å². The van der Waals surface area contributed by atoms with Crippen molar-refractivity contribution in [1.29, 1.82) is 0 Å².